The topological polar surface area (TPSA) is 96.3 Å². The number of likely N-dealkylation sites (N-methyl/N-ethyl adjacent to an activating group) is 2. The van der Waals surface area contributed by atoms with Gasteiger partial charge in [-0.2, -0.15) is 0 Å². The first kappa shape index (κ1) is 25.2. The summed E-state index contributed by atoms with van der Waals surface area (Å²) < 4.78 is 14.8. The van der Waals surface area contributed by atoms with Gasteiger partial charge in [0.2, 0.25) is 11.8 Å². The summed E-state index contributed by atoms with van der Waals surface area (Å²) in [5, 5.41) is 5.35. The first-order valence-electron chi connectivity index (χ1n) is 12.0. The molecule has 2 atom stereocenters. The van der Waals surface area contributed by atoms with Crippen LogP contribution in [-0.2, 0) is 22.6 Å². The molecule has 8 nitrogen and oxygen atoms in total. The van der Waals surface area contributed by atoms with E-state index in [0.29, 0.717) is 11.3 Å². The number of aromatic nitrogens is 2. The van der Waals surface area contributed by atoms with Gasteiger partial charge in [0.25, 0.3) is 5.56 Å². The molecular formula is C27H30FN5O3. The highest BCUT2D eigenvalue weighted by molar-refractivity contribution is 5.93. The van der Waals surface area contributed by atoms with Crippen molar-refractivity contribution < 1.29 is 14.0 Å². The molecule has 0 fully saturated rings. The SMILES string of the molecule is CN[C@@H](C)C(=O)Nc1ncc(-c2ccc(F)cc2)n(CC(=O)N(C)[C@@H]2CCCc3ccccc32)c1=O. The summed E-state index contributed by atoms with van der Waals surface area (Å²) in [6.45, 7) is 1.40. The van der Waals surface area contributed by atoms with Crippen molar-refractivity contribution in [3.8, 4) is 11.3 Å². The van der Waals surface area contributed by atoms with Gasteiger partial charge in [-0.25, -0.2) is 9.37 Å². The highest BCUT2D eigenvalue weighted by Gasteiger charge is 2.27. The van der Waals surface area contributed by atoms with Crippen LogP contribution in [0.15, 0.2) is 59.5 Å². The first-order valence-corrected chi connectivity index (χ1v) is 12.0. The van der Waals surface area contributed by atoms with Crippen LogP contribution in [0.4, 0.5) is 10.2 Å². The van der Waals surface area contributed by atoms with Crippen LogP contribution in [-0.4, -0.2) is 46.4 Å². The zero-order valence-corrected chi connectivity index (χ0v) is 20.6. The van der Waals surface area contributed by atoms with E-state index in [2.05, 4.69) is 21.7 Å². The van der Waals surface area contributed by atoms with Crippen LogP contribution in [0.2, 0.25) is 0 Å². The second-order valence-corrected chi connectivity index (χ2v) is 9.00. The van der Waals surface area contributed by atoms with Crippen LogP contribution >= 0.6 is 0 Å². The molecule has 2 amide bonds. The Morgan fingerprint density at radius 2 is 1.92 bits per heavy atom. The summed E-state index contributed by atoms with van der Waals surface area (Å²) in [4.78, 5) is 45.1. The maximum atomic E-state index is 13.5. The summed E-state index contributed by atoms with van der Waals surface area (Å²) in [6.07, 6.45) is 4.19. The second kappa shape index (κ2) is 10.8. The Hall–Kier alpha value is -3.85. The normalized spacial score (nSPS) is 15.6. The number of nitrogens with zero attached hydrogens (tertiary/aromatic N) is 3. The third-order valence-corrected chi connectivity index (χ3v) is 6.75. The van der Waals surface area contributed by atoms with Gasteiger partial charge in [-0.05, 0) is 68.6 Å². The molecule has 1 heterocycles. The Morgan fingerprint density at radius 1 is 1.19 bits per heavy atom. The van der Waals surface area contributed by atoms with Gasteiger partial charge >= 0.3 is 0 Å². The Bertz CT molecular complexity index is 1320. The number of hydrogen-bond acceptors (Lipinski definition) is 5. The molecule has 0 radical (unpaired) electrons. The number of anilines is 1. The molecule has 0 saturated heterocycles. The maximum absolute atomic E-state index is 13.5. The standard InChI is InChI=1S/C27H30FN5O3/c1-17(29-2)26(35)31-25-27(36)33(23(15-30-25)19-11-13-20(28)14-12-19)16-24(34)32(3)22-10-6-8-18-7-4-5-9-21(18)22/h4-5,7,9,11-15,17,22,29H,6,8,10,16H2,1-3H3,(H,30,31,35)/t17-,22+/m0/s1. The van der Waals surface area contributed by atoms with E-state index < -0.39 is 23.3 Å². The quantitative estimate of drug-likeness (QED) is 0.530. The van der Waals surface area contributed by atoms with Gasteiger partial charge in [0.1, 0.15) is 12.4 Å². The van der Waals surface area contributed by atoms with Crippen LogP contribution in [0.3, 0.4) is 0 Å². The van der Waals surface area contributed by atoms with E-state index in [1.807, 2.05) is 18.2 Å². The third kappa shape index (κ3) is 5.21. The number of benzene rings is 2. The number of amides is 2. The van der Waals surface area contributed by atoms with Crippen LogP contribution in [0.5, 0.6) is 0 Å². The van der Waals surface area contributed by atoms with Crippen molar-refractivity contribution in [2.24, 2.45) is 0 Å². The summed E-state index contributed by atoms with van der Waals surface area (Å²) in [5.74, 6) is -1.27. The number of carbonyl (C=O) groups excluding carboxylic acids is 2. The largest absolute Gasteiger partial charge is 0.337 e. The average molecular weight is 492 g/mol. The van der Waals surface area contributed by atoms with Crippen molar-refractivity contribution >= 4 is 17.6 Å². The highest BCUT2D eigenvalue weighted by atomic mass is 19.1. The maximum Gasteiger partial charge on any atom is 0.294 e. The number of rotatable bonds is 7. The van der Waals surface area contributed by atoms with Crippen molar-refractivity contribution in [1.82, 2.24) is 19.8 Å². The van der Waals surface area contributed by atoms with Gasteiger partial charge in [-0.15, -0.1) is 0 Å². The smallest absolute Gasteiger partial charge is 0.294 e. The fraction of sp³-hybridized carbons (Fsp3) is 0.333. The predicted molar refractivity (Wildman–Crippen MR) is 136 cm³/mol. The molecule has 4 rings (SSSR count). The van der Waals surface area contributed by atoms with Gasteiger partial charge in [0, 0.05) is 12.6 Å². The Kier molecular flexibility index (Phi) is 7.59. The van der Waals surface area contributed by atoms with E-state index >= 15 is 0 Å². The van der Waals surface area contributed by atoms with Gasteiger partial charge in [0.05, 0.1) is 24.0 Å². The number of carbonyl (C=O) groups is 2. The lowest BCUT2D eigenvalue weighted by molar-refractivity contribution is -0.133. The van der Waals surface area contributed by atoms with Crippen molar-refractivity contribution in [3.63, 3.8) is 0 Å². The lowest BCUT2D eigenvalue weighted by Crippen LogP contribution is -2.40. The highest BCUT2D eigenvalue weighted by Crippen LogP contribution is 2.33. The van der Waals surface area contributed by atoms with Crippen LogP contribution < -0.4 is 16.2 Å². The first-order chi connectivity index (χ1) is 17.3. The molecule has 36 heavy (non-hydrogen) atoms. The Balaban J connectivity index is 1.69. The molecular weight excluding hydrogens is 461 g/mol. The minimum Gasteiger partial charge on any atom is -0.337 e. The van der Waals surface area contributed by atoms with Crippen LogP contribution in [0.25, 0.3) is 11.3 Å². The van der Waals surface area contributed by atoms with Crippen LogP contribution in [0.1, 0.15) is 36.9 Å². The minimum absolute atomic E-state index is 0.0927. The second-order valence-electron chi connectivity index (χ2n) is 9.00. The molecule has 1 aromatic heterocycles. The Labute approximate surface area is 209 Å². The molecule has 2 N–H and O–H groups in total. The van der Waals surface area contributed by atoms with Gasteiger partial charge in [0.15, 0.2) is 5.82 Å². The molecule has 0 saturated carbocycles. The predicted octanol–water partition coefficient (Wildman–Crippen LogP) is 3.13. The summed E-state index contributed by atoms with van der Waals surface area (Å²) in [7, 11) is 3.38. The fourth-order valence-electron chi connectivity index (χ4n) is 4.49. The third-order valence-electron chi connectivity index (χ3n) is 6.75. The number of hydrogen-bond donors (Lipinski definition) is 2. The Morgan fingerprint density at radius 3 is 2.64 bits per heavy atom. The van der Waals surface area contributed by atoms with Gasteiger partial charge in [-0.3, -0.25) is 19.0 Å². The number of nitrogens with one attached hydrogen (secondary N) is 2. The summed E-state index contributed by atoms with van der Waals surface area (Å²) in [5.41, 5.74) is 2.62. The average Bonchev–Trinajstić information content (AvgIpc) is 2.90. The zero-order valence-electron chi connectivity index (χ0n) is 20.6. The van der Waals surface area contributed by atoms with Crippen molar-refractivity contribution in [2.45, 2.75) is 44.8 Å². The van der Waals surface area contributed by atoms with E-state index in [1.54, 1.807) is 25.9 Å². The molecule has 1 aliphatic carbocycles. The molecule has 0 aliphatic heterocycles. The molecule has 1 aliphatic rings. The molecule has 0 spiro atoms. The molecule has 3 aromatic rings. The number of aryl methyl sites for hydroxylation is 1. The van der Waals surface area contributed by atoms with Crippen molar-refractivity contribution in [2.75, 3.05) is 19.4 Å². The van der Waals surface area contributed by atoms with E-state index in [4.69, 9.17) is 0 Å². The molecule has 2 aromatic carbocycles. The minimum atomic E-state index is -0.612. The lowest BCUT2D eigenvalue weighted by atomic mass is 9.87. The van der Waals surface area contributed by atoms with Crippen molar-refractivity contribution in [3.05, 3.63) is 82.0 Å². The van der Waals surface area contributed by atoms with E-state index in [1.165, 1.54) is 40.6 Å². The number of fused-ring (bicyclic) bond motifs is 1. The summed E-state index contributed by atoms with van der Waals surface area (Å²) >= 11 is 0. The lowest BCUT2D eigenvalue weighted by Gasteiger charge is -2.33. The molecule has 0 bridgehead atoms. The fourth-order valence-corrected chi connectivity index (χ4v) is 4.49. The van der Waals surface area contributed by atoms with Crippen molar-refractivity contribution in [1.29, 1.82) is 0 Å². The molecule has 188 valence electrons. The monoisotopic (exact) mass is 491 g/mol. The van der Waals surface area contributed by atoms with Gasteiger partial charge in [-0.1, -0.05) is 24.3 Å². The zero-order chi connectivity index (χ0) is 25.8. The van der Waals surface area contributed by atoms with Gasteiger partial charge < -0.3 is 15.5 Å². The van der Waals surface area contributed by atoms with Crippen LogP contribution in [0, 0.1) is 5.82 Å². The van der Waals surface area contributed by atoms with E-state index in [0.717, 1.165) is 24.8 Å². The van der Waals surface area contributed by atoms with E-state index in [9.17, 15) is 18.8 Å². The van der Waals surface area contributed by atoms with E-state index in [-0.39, 0.29) is 24.3 Å². The molecule has 0 unspecified atom stereocenters. The summed E-state index contributed by atoms with van der Waals surface area (Å²) in [6, 6.07) is 13.1. The molecule has 9 heteroatoms. The number of halogens is 1.